The van der Waals surface area contributed by atoms with Gasteiger partial charge in [-0.25, -0.2) is 8.78 Å². The van der Waals surface area contributed by atoms with Crippen LogP contribution in [-0.2, 0) is 16.1 Å². The summed E-state index contributed by atoms with van der Waals surface area (Å²) >= 11 is 0. The Balaban J connectivity index is 0.000000511. The van der Waals surface area contributed by atoms with Crippen LogP contribution in [0.15, 0.2) is 18.2 Å². The van der Waals surface area contributed by atoms with Gasteiger partial charge in [-0.1, -0.05) is 13.0 Å². The highest BCUT2D eigenvalue weighted by Crippen LogP contribution is 2.45. The van der Waals surface area contributed by atoms with Crippen LogP contribution in [0, 0.1) is 17.0 Å². The topological polar surface area (TPSA) is 78.4 Å². The average molecular weight is 354 g/mol. The lowest BCUT2D eigenvalue weighted by Crippen LogP contribution is -2.48. The van der Waals surface area contributed by atoms with Gasteiger partial charge in [-0.15, -0.1) is 0 Å². The molecule has 1 aromatic rings. The summed E-state index contributed by atoms with van der Waals surface area (Å²) in [5.41, 5.74) is -0.0634. The number of carbonyl (C=O) groups is 2. The van der Waals surface area contributed by atoms with Crippen molar-refractivity contribution in [3.63, 3.8) is 0 Å². The van der Waals surface area contributed by atoms with E-state index in [9.17, 15) is 13.6 Å². The molecular formula is C18H24F2N2O3. The minimum Gasteiger partial charge on any atom is -0.481 e. The lowest BCUT2D eigenvalue weighted by Gasteiger charge is -2.34. The van der Waals surface area contributed by atoms with Crippen molar-refractivity contribution in [3.05, 3.63) is 35.4 Å². The highest BCUT2D eigenvalue weighted by Gasteiger charge is 2.54. The van der Waals surface area contributed by atoms with Gasteiger partial charge in [-0.2, -0.15) is 0 Å². The summed E-state index contributed by atoms with van der Waals surface area (Å²) in [6, 6.07) is 4.09. The van der Waals surface area contributed by atoms with Gasteiger partial charge >= 0.3 is 0 Å². The number of hydrogen-bond acceptors (Lipinski definition) is 3. The van der Waals surface area contributed by atoms with Crippen molar-refractivity contribution in [2.75, 3.05) is 0 Å². The van der Waals surface area contributed by atoms with Crippen molar-refractivity contribution in [1.82, 2.24) is 10.6 Å². The molecule has 2 aliphatic heterocycles. The Bertz CT molecular complexity index is 649. The fraction of sp³-hybridized carbons (Fsp3) is 0.556. The molecule has 2 saturated heterocycles. The SMILES string of the molecule is CC(=O)O.CC[C@@]1(C(=O)NCc2ccc(F)cc2F)C[C@@H]2CC[C@H]1N2. The molecular weight excluding hydrogens is 330 g/mol. The third-order valence-electron chi connectivity index (χ3n) is 5.06. The van der Waals surface area contributed by atoms with E-state index in [4.69, 9.17) is 9.90 Å². The van der Waals surface area contributed by atoms with Gasteiger partial charge < -0.3 is 15.7 Å². The predicted molar refractivity (Wildman–Crippen MR) is 88.8 cm³/mol. The molecule has 5 nitrogen and oxygen atoms in total. The monoisotopic (exact) mass is 354 g/mol. The lowest BCUT2D eigenvalue weighted by atomic mass is 9.71. The van der Waals surface area contributed by atoms with Crippen LogP contribution < -0.4 is 10.6 Å². The van der Waals surface area contributed by atoms with Crippen LogP contribution in [0.2, 0.25) is 0 Å². The fourth-order valence-electron chi connectivity index (χ4n) is 3.82. The van der Waals surface area contributed by atoms with Gasteiger partial charge in [0.2, 0.25) is 5.91 Å². The van der Waals surface area contributed by atoms with Crippen LogP contribution in [0.25, 0.3) is 0 Å². The Hall–Kier alpha value is -2.02. The Labute approximate surface area is 145 Å². The molecule has 0 unspecified atom stereocenters. The van der Waals surface area contributed by atoms with E-state index < -0.39 is 17.6 Å². The third-order valence-corrected chi connectivity index (χ3v) is 5.06. The summed E-state index contributed by atoms with van der Waals surface area (Å²) in [5.74, 6) is -2.08. The second-order valence-electron chi connectivity index (χ2n) is 6.64. The standard InChI is InChI=1S/C16H20F2N2O.C2H4O2/c1-2-16(8-12-5-6-14(16)20-12)15(21)19-9-10-3-4-11(17)7-13(10)18;1-2(3)4/h3-4,7,12,14,20H,2,5-6,8-9H2,1H3,(H,19,21);1H3,(H,3,4)/t12-,14+,16+;/m0./s1. The van der Waals surface area contributed by atoms with Gasteiger partial charge in [0.05, 0.1) is 5.41 Å². The molecule has 0 aromatic heterocycles. The van der Waals surface area contributed by atoms with Gasteiger partial charge in [0.25, 0.3) is 5.97 Å². The van der Waals surface area contributed by atoms with Crippen LogP contribution in [0.4, 0.5) is 8.78 Å². The van der Waals surface area contributed by atoms with Crippen LogP contribution in [0.3, 0.4) is 0 Å². The zero-order chi connectivity index (χ0) is 18.6. The quantitative estimate of drug-likeness (QED) is 0.777. The van der Waals surface area contributed by atoms with Crippen molar-refractivity contribution in [1.29, 1.82) is 0 Å². The predicted octanol–water partition coefficient (Wildman–Crippen LogP) is 2.59. The minimum absolute atomic E-state index is 0.0200. The maximum absolute atomic E-state index is 13.6. The van der Waals surface area contributed by atoms with Gasteiger partial charge in [0.15, 0.2) is 0 Å². The van der Waals surface area contributed by atoms with Crippen molar-refractivity contribution < 1.29 is 23.5 Å². The molecule has 3 rings (SSSR count). The van der Waals surface area contributed by atoms with E-state index >= 15 is 0 Å². The Kier molecular flexibility index (Phi) is 6.11. The number of carboxylic acid groups (broad SMARTS) is 1. The number of nitrogens with one attached hydrogen (secondary N) is 2. The number of aliphatic carboxylic acids is 1. The number of benzene rings is 1. The molecule has 0 saturated carbocycles. The first-order valence-electron chi connectivity index (χ1n) is 8.46. The first-order valence-corrected chi connectivity index (χ1v) is 8.46. The molecule has 7 heteroatoms. The summed E-state index contributed by atoms with van der Waals surface area (Å²) in [5, 5.41) is 13.7. The number of fused-ring (bicyclic) bond motifs is 2. The second-order valence-corrected chi connectivity index (χ2v) is 6.64. The molecule has 2 fully saturated rings. The minimum atomic E-state index is -0.833. The highest BCUT2D eigenvalue weighted by molar-refractivity contribution is 5.84. The molecule has 1 amide bonds. The van der Waals surface area contributed by atoms with Crippen molar-refractivity contribution in [2.45, 2.75) is 58.2 Å². The van der Waals surface area contributed by atoms with Gasteiger partial charge in [-0.3, -0.25) is 9.59 Å². The van der Waals surface area contributed by atoms with E-state index in [1.165, 1.54) is 12.1 Å². The van der Waals surface area contributed by atoms with Crippen LogP contribution in [-0.4, -0.2) is 29.1 Å². The van der Waals surface area contributed by atoms with Gasteiger partial charge in [-0.05, 0) is 31.7 Å². The third kappa shape index (κ3) is 4.34. The number of halogens is 2. The second kappa shape index (κ2) is 7.91. The number of carboxylic acids is 1. The molecule has 138 valence electrons. The highest BCUT2D eigenvalue weighted by atomic mass is 19.1. The Morgan fingerprint density at radius 1 is 1.36 bits per heavy atom. The first-order chi connectivity index (χ1) is 11.8. The number of hydrogen-bond donors (Lipinski definition) is 3. The molecule has 2 bridgehead atoms. The van der Waals surface area contributed by atoms with Crippen molar-refractivity contribution >= 4 is 11.9 Å². The molecule has 0 radical (unpaired) electrons. The van der Waals surface area contributed by atoms with Gasteiger partial charge in [0.1, 0.15) is 11.6 Å². The fourth-order valence-corrected chi connectivity index (χ4v) is 3.82. The van der Waals surface area contributed by atoms with E-state index in [1.54, 1.807) is 0 Å². The molecule has 0 aliphatic carbocycles. The summed E-state index contributed by atoms with van der Waals surface area (Å²) < 4.78 is 26.5. The van der Waals surface area contributed by atoms with E-state index in [0.29, 0.717) is 11.6 Å². The van der Waals surface area contributed by atoms with Crippen LogP contribution >= 0.6 is 0 Å². The number of carbonyl (C=O) groups excluding carboxylic acids is 1. The number of rotatable bonds is 4. The van der Waals surface area contributed by atoms with E-state index in [-0.39, 0.29) is 23.9 Å². The zero-order valence-corrected chi connectivity index (χ0v) is 14.4. The lowest BCUT2D eigenvalue weighted by molar-refractivity contribution is -0.134. The van der Waals surface area contributed by atoms with Crippen LogP contribution in [0.5, 0.6) is 0 Å². The van der Waals surface area contributed by atoms with Crippen LogP contribution in [0.1, 0.15) is 45.1 Å². The average Bonchev–Trinajstić information content (AvgIpc) is 3.14. The normalized spacial score (nSPS) is 26.7. The zero-order valence-electron chi connectivity index (χ0n) is 14.4. The molecule has 2 aliphatic rings. The summed E-state index contributed by atoms with van der Waals surface area (Å²) in [6.45, 7) is 3.21. The molecule has 3 atom stereocenters. The van der Waals surface area contributed by atoms with Crippen molar-refractivity contribution in [2.24, 2.45) is 5.41 Å². The smallest absolute Gasteiger partial charge is 0.300 e. The molecule has 25 heavy (non-hydrogen) atoms. The Morgan fingerprint density at radius 2 is 2.04 bits per heavy atom. The van der Waals surface area contributed by atoms with Gasteiger partial charge in [0, 0.05) is 37.2 Å². The van der Waals surface area contributed by atoms with Crippen molar-refractivity contribution in [3.8, 4) is 0 Å². The molecule has 1 aromatic carbocycles. The largest absolute Gasteiger partial charge is 0.481 e. The van der Waals surface area contributed by atoms with E-state index in [0.717, 1.165) is 38.7 Å². The summed E-state index contributed by atoms with van der Waals surface area (Å²) in [6.07, 6.45) is 3.79. The molecule has 0 spiro atoms. The maximum Gasteiger partial charge on any atom is 0.300 e. The molecule has 2 heterocycles. The van der Waals surface area contributed by atoms with E-state index in [2.05, 4.69) is 10.6 Å². The number of amides is 1. The van der Waals surface area contributed by atoms with E-state index in [1.807, 2.05) is 6.92 Å². The summed E-state index contributed by atoms with van der Waals surface area (Å²) in [4.78, 5) is 21.6. The first kappa shape index (κ1) is 19.3. The summed E-state index contributed by atoms with van der Waals surface area (Å²) in [7, 11) is 0. The maximum atomic E-state index is 13.6. The Morgan fingerprint density at radius 3 is 2.52 bits per heavy atom. The molecule has 3 N–H and O–H groups in total.